The molecular weight excluding hydrogens is 208 g/mol. The van der Waals surface area contributed by atoms with Crippen molar-refractivity contribution in [3.63, 3.8) is 0 Å². The first-order valence-electron chi connectivity index (χ1n) is 5.30. The molecule has 0 aromatic carbocycles. The van der Waals surface area contributed by atoms with Crippen LogP contribution in [0.25, 0.3) is 0 Å². The molecule has 0 saturated carbocycles. The third-order valence-corrected chi connectivity index (χ3v) is 3.36. The van der Waals surface area contributed by atoms with E-state index in [1.807, 2.05) is 0 Å². The van der Waals surface area contributed by atoms with E-state index in [1.165, 1.54) is 9.75 Å². The molecule has 1 heterocycles. The smallest absolute Gasteiger partial charge is 0.220 e. The maximum Gasteiger partial charge on any atom is 0.220 e. The second kappa shape index (κ2) is 6.58. The fourth-order valence-corrected chi connectivity index (χ4v) is 2.14. The fourth-order valence-electron chi connectivity index (χ4n) is 1.24. The van der Waals surface area contributed by atoms with Crippen LogP contribution in [0.4, 0.5) is 0 Å². The number of carbonyl (C=O) groups is 1. The number of amides is 1. The Hall–Kier alpha value is -0.870. The lowest BCUT2D eigenvalue weighted by Gasteiger charge is -2.02. The Labute approximate surface area is 94.7 Å². The minimum absolute atomic E-state index is 0.0897. The molecular formula is C11H18N2OS. The van der Waals surface area contributed by atoms with Gasteiger partial charge in [0.1, 0.15) is 0 Å². The maximum atomic E-state index is 11.3. The Bertz CT molecular complexity index is 309. The van der Waals surface area contributed by atoms with Crippen molar-refractivity contribution in [1.82, 2.24) is 5.32 Å². The van der Waals surface area contributed by atoms with E-state index >= 15 is 0 Å². The molecule has 0 radical (unpaired) electrons. The predicted octanol–water partition coefficient (Wildman–Crippen LogP) is 1.67. The fraction of sp³-hybridized carbons (Fsp3) is 0.545. The summed E-state index contributed by atoms with van der Waals surface area (Å²) < 4.78 is 0. The molecule has 0 saturated heterocycles. The zero-order valence-electron chi connectivity index (χ0n) is 9.08. The summed E-state index contributed by atoms with van der Waals surface area (Å²) in [7, 11) is 0. The molecule has 0 atom stereocenters. The van der Waals surface area contributed by atoms with Crippen LogP contribution in [0.3, 0.4) is 0 Å². The van der Waals surface area contributed by atoms with E-state index in [0.29, 0.717) is 19.5 Å². The van der Waals surface area contributed by atoms with Crippen molar-refractivity contribution >= 4 is 17.2 Å². The first-order valence-corrected chi connectivity index (χ1v) is 6.12. The number of nitrogens with two attached hydrogens (primary N) is 1. The van der Waals surface area contributed by atoms with Gasteiger partial charge in [0, 0.05) is 16.2 Å². The molecule has 0 spiro atoms. The van der Waals surface area contributed by atoms with Gasteiger partial charge in [-0.1, -0.05) is 6.92 Å². The highest BCUT2D eigenvalue weighted by Crippen LogP contribution is 2.16. The van der Waals surface area contributed by atoms with Crippen LogP contribution in [-0.4, -0.2) is 12.5 Å². The van der Waals surface area contributed by atoms with Crippen LogP contribution in [0.1, 0.15) is 29.5 Å². The second-order valence-corrected chi connectivity index (χ2v) is 4.64. The minimum atomic E-state index is 0.0897. The zero-order valence-corrected chi connectivity index (χ0v) is 9.90. The average Bonchev–Trinajstić information content (AvgIpc) is 2.71. The summed E-state index contributed by atoms with van der Waals surface area (Å²) in [5, 5.41) is 2.89. The van der Waals surface area contributed by atoms with E-state index in [4.69, 9.17) is 5.73 Å². The normalized spacial score (nSPS) is 10.3. The van der Waals surface area contributed by atoms with Gasteiger partial charge in [-0.3, -0.25) is 4.79 Å². The maximum absolute atomic E-state index is 11.3. The van der Waals surface area contributed by atoms with Gasteiger partial charge in [0.25, 0.3) is 0 Å². The minimum Gasteiger partial charge on any atom is -0.351 e. The largest absolute Gasteiger partial charge is 0.351 e. The van der Waals surface area contributed by atoms with Crippen molar-refractivity contribution in [2.45, 2.75) is 32.7 Å². The zero-order chi connectivity index (χ0) is 11.1. The monoisotopic (exact) mass is 226 g/mol. The number of thiophene rings is 1. The molecule has 0 aliphatic carbocycles. The van der Waals surface area contributed by atoms with E-state index < -0.39 is 0 Å². The molecule has 1 aromatic rings. The summed E-state index contributed by atoms with van der Waals surface area (Å²) in [6.07, 6.45) is 2.35. The highest BCUT2D eigenvalue weighted by Gasteiger charge is 2.02. The van der Waals surface area contributed by atoms with E-state index in [2.05, 4.69) is 24.4 Å². The first-order chi connectivity index (χ1) is 7.26. The molecule has 1 amide bonds. The summed E-state index contributed by atoms with van der Waals surface area (Å²) >= 11 is 1.76. The highest BCUT2D eigenvalue weighted by molar-refractivity contribution is 7.11. The van der Waals surface area contributed by atoms with Gasteiger partial charge in [0.2, 0.25) is 5.91 Å². The van der Waals surface area contributed by atoms with E-state index in [9.17, 15) is 4.79 Å². The van der Waals surface area contributed by atoms with Crippen molar-refractivity contribution in [2.24, 2.45) is 5.73 Å². The van der Waals surface area contributed by atoms with E-state index in [-0.39, 0.29) is 5.91 Å². The topological polar surface area (TPSA) is 55.1 Å². The van der Waals surface area contributed by atoms with Gasteiger partial charge in [0.05, 0.1) is 6.54 Å². The van der Waals surface area contributed by atoms with Crippen molar-refractivity contribution in [2.75, 3.05) is 6.54 Å². The molecule has 0 unspecified atom stereocenters. The average molecular weight is 226 g/mol. The summed E-state index contributed by atoms with van der Waals surface area (Å²) in [6.45, 7) is 3.36. The molecule has 3 nitrogen and oxygen atoms in total. The highest BCUT2D eigenvalue weighted by atomic mass is 32.1. The lowest BCUT2D eigenvalue weighted by atomic mass is 10.3. The molecule has 0 bridgehead atoms. The van der Waals surface area contributed by atoms with Crippen molar-refractivity contribution in [1.29, 1.82) is 0 Å². The van der Waals surface area contributed by atoms with Crippen LogP contribution in [0.5, 0.6) is 0 Å². The Morgan fingerprint density at radius 2 is 2.20 bits per heavy atom. The first kappa shape index (κ1) is 12.2. The number of hydrogen-bond acceptors (Lipinski definition) is 3. The molecule has 0 fully saturated rings. The summed E-state index contributed by atoms with van der Waals surface area (Å²) in [5.74, 6) is 0.0897. The third kappa shape index (κ3) is 4.44. The number of aryl methyl sites for hydroxylation is 1. The van der Waals surface area contributed by atoms with E-state index in [1.54, 1.807) is 11.3 Å². The molecule has 4 heteroatoms. The number of carbonyl (C=O) groups excluding carboxylic acids is 1. The van der Waals surface area contributed by atoms with Crippen LogP contribution in [0.15, 0.2) is 12.1 Å². The third-order valence-electron chi connectivity index (χ3n) is 2.13. The summed E-state index contributed by atoms with van der Waals surface area (Å²) in [4.78, 5) is 13.9. The van der Waals surface area contributed by atoms with Crippen LogP contribution < -0.4 is 11.1 Å². The lowest BCUT2D eigenvalue weighted by Crippen LogP contribution is -2.22. The van der Waals surface area contributed by atoms with Crippen molar-refractivity contribution in [3.8, 4) is 0 Å². The quantitative estimate of drug-likeness (QED) is 0.775. The van der Waals surface area contributed by atoms with Crippen LogP contribution in [0, 0.1) is 0 Å². The van der Waals surface area contributed by atoms with Gasteiger partial charge in [-0.25, -0.2) is 0 Å². The van der Waals surface area contributed by atoms with Crippen molar-refractivity contribution in [3.05, 3.63) is 21.9 Å². The Morgan fingerprint density at radius 3 is 2.80 bits per heavy atom. The number of rotatable bonds is 6. The molecule has 0 aliphatic rings. The van der Waals surface area contributed by atoms with Gasteiger partial charge in [0.15, 0.2) is 0 Å². The molecule has 84 valence electrons. The molecule has 3 N–H and O–H groups in total. The van der Waals surface area contributed by atoms with Gasteiger partial charge in [-0.15, -0.1) is 11.3 Å². The molecule has 1 rings (SSSR count). The Morgan fingerprint density at radius 1 is 1.47 bits per heavy atom. The van der Waals surface area contributed by atoms with Gasteiger partial charge in [-0.05, 0) is 31.5 Å². The Balaban J connectivity index is 2.27. The number of hydrogen-bond donors (Lipinski definition) is 2. The van der Waals surface area contributed by atoms with Gasteiger partial charge in [-0.2, -0.15) is 0 Å². The summed E-state index contributed by atoms with van der Waals surface area (Å²) in [6, 6.07) is 4.19. The molecule has 0 aliphatic heterocycles. The summed E-state index contributed by atoms with van der Waals surface area (Å²) in [5.41, 5.74) is 5.33. The van der Waals surface area contributed by atoms with Gasteiger partial charge >= 0.3 is 0 Å². The SMILES string of the molecule is CCc1ccc(CNC(=O)CCCN)s1. The lowest BCUT2D eigenvalue weighted by molar-refractivity contribution is -0.121. The van der Waals surface area contributed by atoms with Crippen LogP contribution >= 0.6 is 11.3 Å². The van der Waals surface area contributed by atoms with Crippen LogP contribution in [-0.2, 0) is 17.8 Å². The van der Waals surface area contributed by atoms with Gasteiger partial charge < -0.3 is 11.1 Å². The number of nitrogens with one attached hydrogen (secondary N) is 1. The predicted molar refractivity (Wildman–Crippen MR) is 63.8 cm³/mol. The standard InChI is InChI=1S/C11H18N2OS/c1-2-9-5-6-10(15-9)8-13-11(14)4-3-7-12/h5-6H,2-4,7-8,12H2,1H3,(H,13,14). The Kier molecular flexibility index (Phi) is 5.36. The molecule has 15 heavy (non-hydrogen) atoms. The van der Waals surface area contributed by atoms with Crippen LogP contribution in [0.2, 0.25) is 0 Å². The molecule has 1 aromatic heterocycles. The van der Waals surface area contributed by atoms with E-state index in [0.717, 1.165) is 12.8 Å². The van der Waals surface area contributed by atoms with Crippen molar-refractivity contribution < 1.29 is 4.79 Å². The second-order valence-electron chi connectivity index (χ2n) is 3.39.